The van der Waals surface area contributed by atoms with Crippen LogP contribution in [0.2, 0.25) is 0 Å². The summed E-state index contributed by atoms with van der Waals surface area (Å²) in [5.41, 5.74) is 1.80. The fraction of sp³-hybridized carbons (Fsp3) is 0.500. The van der Waals surface area contributed by atoms with E-state index in [0.29, 0.717) is 12.8 Å². The number of hydrogen-bond donors (Lipinski definition) is 3. The Morgan fingerprint density at radius 2 is 1.95 bits per heavy atom. The number of amides is 1. The number of rotatable bonds is 5. The van der Waals surface area contributed by atoms with Crippen LogP contribution >= 0.6 is 0 Å². The van der Waals surface area contributed by atoms with Crippen LogP contribution in [0.5, 0.6) is 0 Å². The SMILES string of the molecule is CNCc1cccc(NC(=O)[C@@H]2CCCC[C@@H]2C(=O)O)c1. The predicted molar refractivity (Wildman–Crippen MR) is 80.9 cm³/mol. The molecule has 2 rings (SSSR count). The second-order valence-electron chi connectivity index (χ2n) is 5.56. The van der Waals surface area contributed by atoms with E-state index < -0.39 is 17.8 Å². The van der Waals surface area contributed by atoms with E-state index in [2.05, 4.69) is 10.6 Å². The summed E-state index contributed by atoms with van der Waals surface area (Å²) in [7, 11) is 1.87. The Labute approximate surface area is 124 Å². The lowest BCUT2D eigenvalue weighted by atomic mass is 9.78. The topological polar surface area (TPSA) is 78.4 Å². The quantitative estimate of drug-likeness (QED) is 0.777. The van der Waals surface area contributed by atoms with E-state index in [0.717, 1.165) is 30.6 Å². The minimum Gasteiger partial charge on any atom is -0.481 e. The first kappa shape index (κ1) is 15.5. The Kier molecular flexibility index (Phi) is 5.33. The molecule has 0 heterocycles. The van der Waals surface area contributed by atoms with Gasteiger partial charge in [-0.15, -0.1) is 0 Å². The van der Waals surface area contributed by atoms with Crippen molar-refractivity contribution < 1.29 is 14.7 Å². The average molecular weight is 290 g/mol. The van der Waals surface area contributed by atoms with Crippen LogP contribution in [0.1, 0.15) is 31.2 Å². The molecule has 0 spiro atoms. The minimum atomic E-state index is -0.862. The highest BCUT2D eigenvalue weighted by molar-refractivity contribution is 5.95. The molecule has 0 radical (unpaired) electrons. The first-order valence-corrected chi connectivity index (χ1v) is 7.39. The number of hydrogen-bond acceptors (Lipinski definition) is 3. The second kappa shape index (κ2) is 7.22. The summed E-state index contributed by atoms with van der Waals surface area (Å²) in [6.45, 7) is 0.727. The molecule has 1 saturated carbocycles. The van der Waals surface area contributed by atoms with E-state index in [1.807, 2.05) is 31.3 Å². The van der Waals surface area contributed by atoms with Gasteiger partial charge in [0.1, 0.15) is 0 Å². The Balaban J connectivity index is 2.05. The van der Waals surface area contributed by atoms with Crippen molar-refractivity contribution in [2.45, 2.75) is 32.2 Å². The summed E-state index contributed by atoms with van der Waals surface area (Å²) in [6, 6.07) is 7.60. The van der Waals surface area contributed by atoms with E-state index in [9.17, 15) is 14.7 Å². The van der Waals surface area contributed by atoms with E-state index in [1.54, 1.807) is 0 Å². The van der Waals surface area contributed by atoms with Gasteiger partial charge in [-0.3, -0.25) is 9.59 Å². The second-order valence-corrected chi connectivity index (χ2v) is 5.56. The number of anilines is 1. The summed E-state index contributed by atoms with van der Waals surface area (Å²) in [6.07, 6.45) is 3.05. The maximum atomic E-state index is 12.4. The third kappa shape index (κ3) is 4.04. The third-order valence-electron chi connectivity index (χ3n) is 4.00. The van der Waals surface area contributed by atoms with Crippen LogP contribution in [-0.2, 0) is 16.1 Å². The number of carboxylic acids is 1. The van der Waals surface area contributed by atoms with Crippen molar-refractivity contribution in [1.29, 1.82) is 0 Å². The molecule has 1 aromatic rings. The molecule has 3 N–H and O–H groups in total. The van der Waals surface area contributed by atoms with E-state index in [1.165, 1.54) is 0 Å². The van der Waals surface area contributed by atoms with Gasteiger partial charge in [0, 0.05) is 12.2 Å². The molecular weight excluding hydrogens is 268 g/mol. The van der Waals surface area contributed by atoms with E-state index >= 15 is 0 Å². The maximum Gasteiger partial charge on any atom is 0.307 e. The molecule has 0 unspecified atom stereocenters. The Morgan fingerprint density at radius 1 is 1.24 bits per heavy atom. The summed E-state index contributed by atoms with van der Waals surface area (Å²) < 4.78 is 0. The molecule has 1 fully saturated rings. The standard InChI is InChI=1S/C16H22N2O3/c1-17-10-11-5-4-6-12(9-11)18-15(19)13-7-2-3-8-14(13)16(20)21/h4-6,9,13-14,17H,2-3,7-8,10H2,1H3,(H,18,19)(H,20,21)/t13-,14+/m1/s1. The fourth-order valence-electron chi connectivity index (χ4n) is 2.94. The molecule has 5 heteroatoms. The van der Waals surface area contributed by atoms with Gasteiger partial charge < -0.3 is 15.7 Å². The number of benzene rings is 1. The van der Waals surface area contributed by atoms with Gasteiger partial charge in [0.2, 0.25) is 5.91 Å². The van der Waals surface area contributed by atoms with Gasteiger partial charge in [-0.05, 0) is 37.6 Å². The maximum absolute atomic E-state index is 12.4. The van der Waals surface area contributed by atoms with Crippen LogP contribution in [0.25, 0.3) is 0 Å². The lowest BCUT2D eigenvalue weighted by molar-refractivity contribution is -0.147. The number of carbonyl (C=O) groups excluding carboxylic acids is 1. The van der Waals surface area contributed by atoms with Gasteiger partial charge in [0.05, 0.1) is 11.8 Å². The molecule has 1 amide bonds. The van der Waals surface area contributed by atoms with Gasteiger partial charge in [-0.2, -0.15) is 0 Å². The lowest BCUT2D eigenvalue weighted by Gasteiger charge is -2.27. The number of carbonyl (C=O) groups is 2. The van der Waals surface area contributed by atoms with Gasteiger partial charge >= 0.3 is 5.97 Å². The number of carboxylic acid groups (broad SMARTS) is 1. The van der Waals surface area contributed by atoms with Crippen LogP contribution in [-0.4, -0.2) is 24.0 Å². The molecule has 114 valence electrons. The van der Waals surface area contributed by atoms with Crippen LogP contribution in [0, 0.1) is 11.8 Å². The zero-order chi connectivity index (χ0) is 15.2. The highest BCUT2D eigenvalue weighted by atomic mass is 16.4. The van der Waals surface area contributed by atoms with Gasteiger partial charge in [-0.1, -0.05) is 25.0 Å². The summed E-state index contributed by atoms with van der Waals surface area (Å²) in [5.74, 6) is -2.02. The zero-order valence-electron chi connectivity index (χ0n) is 12.3. The molecule has 1 aromatic carbocycles. The highest BCUT2D eigenvalue weighted by Crippen LogP contribution is 2.31. The van der Waals surface area contributed by atoms with Crippen LogP contribution in [0.4, 0.5) is 5.69 Å². The Bertz CT molecular complexity index is 516. The molecular formula is C16H22N2O3. The highest BCUT2D eigenvalue weighted by Gasteiger charge is 2.35. The van der Waals surface area contributed by atoms with Crippen LogP contribution in [0.3, 0.4) is 0 Å². The molecule has 1 aliphatic carbocycles. The van der Waals surface area contributed by atoms with Crippen molar-refractivity contribution in [3.8, 4) is 0 Å². The van der Waals surface area contributed by atoms with Crippen molar-refractivity contribution in [1.82, 2.24) is 5.32 Å². The van der Waals surface area contributed by atoms with Crippen molar-refractivity contribution >= 4 is 17.6 Å². The van der Waals surface area contributed by atoms with Crippen molar-refractivity contribution in [3.63, 3.8) is 0 Å². The monoisotopic (exact) mass is 290 g/mol. The third-order valence-corrected chi connectivity index (χ3v) is 4.00. The van der Waals surface area contributed by atoms with Crippen LogP contribution < -0.4 is 10.6 Å². The molecule has 21 heavy (non-hydrogen) atoms. The molecule has 0 aliphatic heterocycles. The summed E-state index contributed by atoms with van der Waals surface area (Å²) in [5, 5.41) is 15.2. The summed E-state index contributed by atoms with van der Waals surface area (Å²) >= 11 is 0. The molecule has 0 bridgehead atoms. The molecule has 2 atom stereocenters. The summed E-state index contributed by atoms with van der Waals surface area (Å²) in [4.78, 5) is 23.6. The Morgan fingerprint density at radius 3 is 2.62 bits per heavy atom. The van der Waals surface area contributed by atoms with Gasteiger partial charge in [0.25, 0.3) is 0 Å². The van der Waals surface area contributed by atoms with E-state index in [4.69, 9.17) is 0 Å². The number of nitrogens with one attached hydrogen (secondary N) is 2. The zero-order valence-corrected chi connectivity index (χ0v) is 12.3. The fourth-order valence-corrected chi connectivity index (χ4v) is 2.94. The molecule has 5 nitrogen and oxygen atoms in total. The smallest absolute Gasteiger partial charge is 0.307 e. The van der Waals surface area contributed by atoms with Gasteiger partial charge in [-0.25, -0.2) is 0 Å². The van der Waals surface area contributed by atoms with Crippen LogP contribution in [0.15, 0.2) is 24.3 Å². The largest absolute Gasteiger partial charge is 0.481 e. The van der Waals surface area contributed by atoms with E-state index in [-0.39, 0.29) is 5.91 Å². The minimum absolute atomic E-state index is 0.177. The Hall–Kier alpha value is -1.88. The first-order valence-electron chi connectivity index (χ1n) is 7.39. The van der Waals surface area contributed by atoms with Crippen molar-refractivity contribution in [2.75, 3.05) is 12.4 Å². The first-order chi connectivity index (χ1) is 10.1. The molecule has 0 saturated heterocycles. The number of aliphatic carboxylic acids is 1. The predicted octanol–water partition coefficient (Wildman–Crippen LogP) is 2.24. The van der Waals surface area contributed by atoms with Gasteiger partial charge in [0.15, 0.2) is 0 Å². The van der Waals surface area contributed by atoms with Crippen molar-refractivity contribution in [3.05, 3.63) is 29.8 Å². The normalized spacial score (nSPS) is 21.8. The average Bonchev–Trinajstić information content (AvgIpc) is 2.48. The molecule has 0 aromatic heterocycles. The van der Waals surface area contributed by atoms with Crippen molar-refractivity contribution in [2.24, 2.45) is 11.8 Å². The lowest BCUT2D eigenvalue weighted by Crippen LogP contribution is -2.36. The molecule has 1 aliphatic rings.